The lowest BCUT2D eigenvalue weighted by molar-refractivity contribution is 1.32. The van der Waals surface area contributed by atoms with E-state index >= 15 is 0 Å². The lowest BCUT2D eigenvalue weighted by atomic mass is 9.94. The molecule has 0 aliphatic rings. The monoisotopic (exact) mass is 576 g/mol. The number of aromatic nitrogens is 3. The first-order valence-electron chi connectivity index (χ1n) is 14.5. The van der Waals surface area contributed by atoms with E-state index in [4.69, 9.17) is 16.5 Å². The van der Waals surface area contributed by atoms with Crippen LogP contribution in [0.1, 0.15) is 0 Å². The number of rotatable bonds is 2. The third-order valence-electron chi connectivity index (χ3n) is 8.90. The van der Waals surface area contributed by atoms with E-state index in [1.54, 1.807) is 11.3 Å². The van der Waals surface area contributed by atoms with E-state index in [1.807, 2.05) is 18.2 Å². The zero-order valence-corrected chi connectivity index (χ0v) is 24.1. The number of thiophene rings is 1. The normalized spacial score (nSPS) is 12.1. The van der Waals surface area contributed by atoms with Crippen molar-refractivity contribution in [3.05, 3.63) is 133 Å². The van der Waals surface area contributed by atoms with Crippen molar-refractivity contribution in [3.8, 4) is 22.5 Å². The lowest BCUT2D eigenvalue weighted by Gasteiger charge is -2.16. The van der Waals surface area contributed by atoms with Crippen LogP contribution in [0.4, 0.5) is 5.69 Å². The van der Waals surface area contributed by atoms with Crippen molar-refractivity contribution in [3.63, 3.8) is 0 Å². The average Bonchev–Trinajstić information content (AvgIpc) is 3.62. The predicted molar refractivity (Wildman–Crippen MR) is 184 cm³/mol. The highest BCUT2D eigenvalue weighted by Crippen LogP contribution is 2.45. The Morgan fingerprint density at radius 3 is 2.18 bits per heavy atom. The van der Waals surface area contributed by atoms with E-state index in [-0.39, 0.29) is 0 Å². The van der Waals surface area contributed by atoms with E-state index in [9.17, 15) is 0 Å². The number of nitrogens with zero attached hydrogens (tertiary/aromatic N) is 4. The fourth-order valence-corrected chi connectivity index (χ4v) is 8.09. The predicted octanol–water partition coefficient (Wildman–Crippen LogP) is 11.0. The molecule has 6 aromatic carbocycles. The quantitative estimate of drug-likeness (QED) is 0.117. The molecular formula is C39H20N4S. The Morgan fingerprint density at radius 2 is 1.32 bits per heavy atom. The maximum Gasteiger partial charge on any atom is 0.189 e. The van der Waals surface area contributed by atoms with Crippen LogP contribution in [0.15, 0.2) is 121 Å². The lowest BCUT2D eigenvalue weighted by Crippen LogP contribution is -1.96. The van der Waals surface area contributed by atoms with Crippen LogP contribution in [0.5, 0.6) is 0 Å². The highest BCUT2D eigenvalue weighted by Gasteiger charge is 2.21. The van der Waals surface area contributed by atoms with E-state index in [2.05, 4.69) is 112 Å². The van der Waals surface area contributed by atoms with Gasteiger partial charge in [0.2, 0.25) is 0 Å². The molecule has 0 radical (unpaired) electrons. The Hall–Kier alpha value is -5.83. The molecule has 0 aliphatic heterocycles. The van der Waals surface area contributed by atoms with Crippen molar-refractivity contribution >= 4 is 86.3 Å². The molecule has 0 saturated carbocycles. The smallest absolute Gasteiger partial charge is 0.189 e. The molecule has 0 fully saturated rings. The Kier molecular flexibility index (Phi) is 4.64. The van der Waals surface area contributed by atoms with E-state index in [0.717, 1.165) is 65.4 Å². The zero-order chi connectivity index (χ0) is 28.9. The van der Waals surface area contributed by atoms with Crippen molar-refractivity contribution in [2.24, 2.45) is 0 Å². The highest BCUT2D eigenvalue weighted by molar-refractivity contribution is 7.25. The van der Waals surface area contributed by atoms with Crippen molar-refractivity contribution in [2.75, 3.05) is 0 Å². The molecule has 4 aromatic heterocycles. The Bertz CT molecular complexity index is 2840. The van der Waals surface area contributed by atoms with Gasteiger partial charge in [0.25, 0.3) is 0 Å². The van der Waals surface area contributed by atoms with E-state index in [1.165, 1.54) is 26.4 Å². The molecule has 4 nitrogen and oxygen atoms in total. The minimum atomic E-state index is 0.621. The summed E-state index contributed by atoms with van der Waals surface area (Å²) in [5, 5.41) is 8.08. The fraction of sp³-hybridized carbons (Fsp3) is 0. The maximum absolute atomic E-state index is 7.98. The largest absolute Gasteiger partial charge is 0.309 e. The molecule has 0 N–H and O–H groups in total. The van der Waals surface area contributed by atoms with Gasteiger partial charge in [-0.15, -0.1) is 11.3 Å². The Balaban J connectivity index is 1.39. The highest BCUT2D eigenvalue weighted by atomic mass is 32.1. The van der Waals surface area contributed by atoms with Crippen LogP contribution in [0.2, 0.25) is 0 Å². The van der Waals surface area contributed by atoms with Gasteiger partial charge in [0.15, 0.2) is 5.69 Å². The number of pyridine rings is 1. The van der Waals surface area contributed by atoms with Gasteiger partial charge < -0.3 is 4.40 Å². The molecule has 0 unspecified atom stereocenters. The van der Waals surface area contributed by atoms with Crippen LogP contribution < -0.4 is 0 Å². The van der Waals surface area contributed by atoms with Gasteiger partial charge in [-0.05, 0) is 47.2 Å². The van der Waals surface area contributed by atoms with Crippen LogP contribution in [0.25, 0.3) is 96.7 Å². The molecule has 0 amide bonds. The van der Waals surface area contributed by atoms with Crippen LogP contribution in [0.3, 0.4) is 0 Å². The fourth-order valence-electron chi connectivity index (χ4n) is 7.07. The van der Waals surface area contributed by atoms with Gasteiger partial charge in [0, 0.05) is 48.3 Å². The summed E-state index contributed by atoms with van der Waals surface area (Å²) in [6, 6.07) is 42.4. The van der Waals surface area contributed by atoms with Crippen LogP contribution in [0, 0.1) is 6.57 Å². The van der Waals surface area contributed by atoms with Gasteiger partial charge >= 0.3 is 0 Å². The molecule has 0 aliphatic carbocycles. The molecule has 10 aromatic rings. The summed E-state index contributed by atoms with van der Waals surface area (Å²) in [4.78, 5) is 15.5. The van der Waals surface area contributed by atoms with Crippen LogP contribution in [-0.4, -0.2) is 14.4 Å². The zero-order valence-electron chi connectivity index (χ0n) is 23.2. The Labute approximate surface area is 255 Å². The van der Waals surface area contributed by atoms with E-state index < -0.39 is 0 Å². The molecule has 4 heterocycles. The maximum atomic E-state index is 7.98. The molecule has 0 bridgehead atoms. The van der Waals surface area contributed by atoms with Crippen molar-refractivity contribution in [1.29, 1.82) is 0 Å². The second-order valence-corrected chi connectivity index (χ2v) is 12.3. The molecule has 44 heavy (non-hydrogen) atoms. The molecule has 0 spiro atoms. The third-order valence-corrected chi connectivity index (χ3v) is 9.96. The summed E-state index contributed by atoms with van der Waals surface area (Å²) in [7, 11) is 0. The first-order chi connectivity index (χ1) is 21.8. The molecule has 10 rings (SSSR count). The second kappa shape index (κ2) is 8.61. The second-order valence-electron chi connectivity index (χ2n) is 11.3. The van der Waals surface area contributed by atoms with Crippen molar-refractivity contribution < 1.29 is 0 Å². The number of para-hydroxylation sites is 2. The number of hydrogen-bond acceptors (Lipinski definition) is 3. The molecule has 0 saturated heterocycles. The summed E-state index contributed by atoms with van der Waals surface area (Å²) in [5.41, 5.74) is 8.66. The van der Waals surface area contributed by atoms with Crippen LogP contribution in [-0.2, 0) is 0 Å². The molecule has 202 valence electrons. The van der Waals surface area contributed by atoms with Gasteiger partial charge in [-0.3, -0.25) is 0 Å². The van der Waals surface area contributed by atoms with Crippen LogP contribution >= 0.6 is 11.3 Å². The molecule has 0 atom stereocenters. The summed E-state index contributed by atoms with van der Waals surface area (Å²) >= 11 is 1.68. The van der Waals surface area contributed by atoms with Gasteiger partial charge in [0.1, 0.15) is 10.3 Å². The van der Waals surface area contributed by atoms with Crippen molar-refractivity contribution in [2.45, 2.75) is 0 Å². The molecular weight excluding hydrogens is 557 g/mol. The number of hydrogen-bond donors (Lipinski definition) is 0. The minimum Gasteiger partial charge on any atom is -0.309 e. The van der Waals surface area contributed by atoms with Gasteiger partial charge in [-0.25, -0.2) is 14.8 Å². The topological polar surface area (TPSA) is 34.5 Å². The first kappa shape index (κ1) is 23.7. The third kappa shape index (κ3) is 3.10. The van der Waals surface area contributed by atoms with Gasteiger partial charge in [0.05, 0.1) is 29.0 Å². The standard InChI is InChI=1S/C39H20N4S/c1-40-25-19-23-18-24(36-35(22-10-3-2-4-11-22)41-37-29-13-6-8-17-33(29)44-39(37)42-36)20-30-28-15-9-14-27-26-12-5-7-16-31(26)43(38(27)28)32(21-25)34(23)30/h2-21H. The average molecular weight is 577 g/mol. The summed E-state index contributed by atoms with van der Waals surface area (Å²) in [6.45, 7) is 7.98. The Morgan fingerprint density at radius 1 is 0.591 bits per heavy atom. The van der Waals surface area contributed by atoms with Crippen molar-refractivity contribution in [1.82, 2.24) is 14.4 Å². The minimum absolute atomic E-state index is 0.621. The first-order valence-corrected chi connectivity index (χ1v) is 15.4. The molecule has 5 heteroatoms. The van der Waals surface area contributed by atoms with E-state index in [0.29, 0.717) is 5.69 Å². The SMILES string of the molecule is [C-]#[N+]c1cc2cc(-c3nc4sc5ccccc5c4nc3-c3ccccc3)cc3c4cccc5c6ccccc6n(c(c1)c23)c45. The van der Waals surface area contributed by atoms with Gasteiger partial charge in [-0.1, -0.05) is 84.9 Å². The number of benzene rings is 6. The number of fused-ring (bicyclic) bond motifs is 8. The summed E-state index contributed by atoms with van der Waals surface area (Å²) in [6.07, 6.45) is 0. The summed E-state index contributed by atoms with van der Waals surface area (Å²) < 4.78 is 3.53. The van der Waals surface area contributed by atoms with Gasteiger partial charge in [-0.2, -0.15) is 0 Å². The summed E-state index contributed by atoms with van der Waals surface area (Å²) in [5.74, 6) is 0.